The van der Waals surface area contributed by atoms with E-state index in [2.05, 4.69) is 15.3 Å². The number of aromatic nitrogens is 2. The fraction of sp³-hybridized carbons (Fsp3) is 0.515. The Morgan fingerprint density at radius 1 is 0.891 bits per heavy atom. The number of nitrogens with one attached hydrogen (secondary N) is 1. The average Bonchev–Trinajstić information content (AvgIpc) is 3.56. The minimum absolute atomic E-state index is 0.0249. The highest BCUT2D eigenvalue weighted by Gasteiger charge is 2.42. The van der Waals surface area contributed by atoms with Crippen LogP contribution in [0.1, 0.15) is 72.7 Å². The Morgan fingerprint density at radius 3 is 2.22 bits per heavy atom. The minimum Gasteiger partial charge on any atom is -0.417 e. The molecule has 1 aliphatic carbocycles. The van der Waals surface area contributed by atoms with Crippen molar-refractivity contribution in [2.75, 3.05) is 54.4 Å². The zero-order chi connectivity index (χ0) is 32.3. The van der Waals surface area contributed by atoms with Crippen molar-refractivity contribution in [3.8, 4) is 0 Å². The van der Waals surface area contributed by atoms with E-state index in [1.807, 2.05) is 35.2 Å². The maximum Gasteiger partial charge on any atom is 0.437 e. The number of piperidine rings is 1. The van der Waals surface area contributed by atoms with Gasteiger partial charge in [0.25, 0.3) is 17.8 Å². The van der Waals surface area contributed by atoms with Crippen LogP contribution in [-0.2, 0) is 11.0 Å². The van der Waals surface area contributed by atoms with Crippen molar-refractivity contribution in [2.45, 2.75) is 63.1 Å². The van der Waals surface area contributed by atoms with E-state index in [9.17, 15) is 27.9 Å². The molecule has 46 heavy (non-hydrogen) atoms. The third-order valence-electron chi connectivity index (χ3n) is 9.40. The van der Waals surface area contributed by atoms with Gasteiger partial charge in [0, 0.05) is 39.3 Å². The largest absolute Gasteiger partial charge is 0.437 e. The number of rotatable bonds is 7. The quantitative estimate of drug-likeness (QED) is 0.357. The summed E-state index contributed by atoms with van der Waals surface area (Å²) in [4.78, 5) is 39.3. The summed E-state index contributed by atoms with van der Waals surface area (Å²) < 4.78 is 47.2. The van der Waals surface area contributed by atoms with Gasteiger partial charge in [0.1, 0.15) is 11.9 Å². The molecule has 2 amide bonds. The Balaban J connectivity index is 1.05. The first-order chi connectivity index (χ1) is 22.2. The number of carbonyl (C=O) groups excluding carboxylic acids is 2. The van der Waals surface area contributed by atoms with Gasteiger partial charge in [0.05, 0.1) is 11.9 Å². The van der Waals surface area contributed by atoms with Gasteiger partial charge >= 0.3 is 6.18 Å². The summed E-state index contributed by atoms with van der Waals surface area (Å²) in [6.07, 6.45) is 1.97. The van der Waals surface area contributed by atoms with Gasteiger partial charge in [0.15, 0.2) is 5.69 Å². The second-order valence-corrected chi connectivity index (χ2v) is 12.4. The number of anilines is 3. The number of piperazine rings is 1. The van der Waals surface area contributed by atoms with Crippen molar-refractivity contribution in [1.29, 1.82) is 0 Å². The predicted octanol–water partition coefficient (Wildman–Crippen LogP) is 5.31. The van der Waals surface area contributed by atoms with Gasteiger partial charge in [-0.2, -0.15) is 18.2 Å². The lowest BCUT2D eigenvalue weighted by Gasteiger charge is -2.37. The number of aliphatic hydroxyl groups is 1. The number of alkyl halides is 3. The van der Waals surface area contributed by atoms with Crippen molar-refractivity contribution in [2.24, 2.45) is 5.92 Å². The van der Waals surface area contributed by atoms with Crippen molar-refractivity contribution in [3.05, 3.63) is 65.7 Å². The second kappa shape index (κ2) is 13.7. The molecule has 0 bridgehead atoms. The van der Waals surface area contributed by atoms with Crippen LogP contribution in [0, 0.1) is 5.92 Å². The summed E-state index contributed by atoms with van der Waals surface area (Å²) >= 11 is 0. The number of carbonyl (C=O) groups is 2. The van der Waals surface area contributed by atoms with Crippen LogP contribution in [0.3, 0.4) is 0 Å². The van der Waals surface area contributed by atoms with E-state index in [-0.39, 0.29) is 23.5 Å². The first kappa shape index (κ1) is 31.8. The Bertz CT molecular complexity index is 1480. The van der Waals surface area contributed by atoms with Crippen LogP contribution in [-0.4, -0.2) is 77.2 Å². The molecular formula is C33H39F3N6O4. The smallest absolute Gasteiger partial charge is 0.417 e. The Kier molecular flexibility index (Phi) is 9.48. The summed E-state index contributed by atoms with van der Waals surface area (Å²) in [6, 6.07) is 13.0. The highest BCUT2D eigenvalue weighted by molar-refractivity contribution is 6.03. The van der Waals surface area contributed by atoms with Crippen LogP contribution in [0.25, 0.3) is 0 Å². The monoisotopic (exact) mass is 640 g/mol. The van der Waals surface area contributed by atoms with E-state index in [1.54, 1.807) is 21.9 Å². The maximum atomic E-state index is 13.9. The number of nitrogens with zero attached hydrogens (tertiary/aromatic N) is 5. The van der Waals surface area contributed by atoms with Gasteiger partial charge < -0.3 is 29.5 Å². The zero-order valence-electron chi connectivity index (χ0n) is 25.6. The highest BCUT2D eigenvalue weighted by atomic mass is 19.4. The van der Waals surface area contributed by atoms with Crippen molar-refractivity contribution < 1.29 is 32.3 Å². The molecule has 1 saturated carbocycles. The molecule has 3 aliphatic rings. The van der Waals surface area contributed by atoms with Crippen LogP contribution in [0.4, 0.5) is 30.7 Å². The molecule has 2 saturated heterocycles. The molecule has 3 fully saturated rings. The Labute approximate surface area is 265 Å². The van der Waals surface area contributed by atoms with Crippen molar-refractivity contribution in [3.63, 3.8) is 0 Å². The lowest BCUT2D eigenvalue weighted by molar-refractivity contribution is -0.144. The zero-order valence-corrected chi connectivity index (χ0v) is 25.6. The predicted molar refractivity (Wildman–Crippen MR) is 166 cm³/mol. The summed E-state index contributed by atoms with van der Waals surface area (Å²) in [6.45, 7) is 2.82. The first-order valence-electron chi connectivity index (χ1n) is 16.0. The average molecular weight is 641 g/mol. The molecule has 3 aromatic rings. The molecule has 2 aliphatic heterocycles. The molecule has 0 spiro atoms. The highest BCUT2D eigenvalue weighted by Crippen LogP contribution is 2.36. The summed E-state index contributed by atoms with van der Waals surface area (Å²) in [5.74, 6) is -1.26. The van der Waals surface area contributed by atoms with Crippen LogP contribution in [0.15, 0.2) is 53.1 Å². The van der Waals surface area contributed by atoms with E-state index in [0.29, 0.717) is 51.0 Å². The topological polar surface area (TPSA) is 115 Å². The third-order valence-corrected chi connectivity index (χ3v) is 9.40. The Hall–Kier alpha value is -4.13. The van der Waals surface area contributed by atoms with Crippen LogP contribution in [0.5, 0.6) is 0 Å². The fourth-order valence-corrected chi connectivity index (χ4v) is 6.75. The van der Waals surface area contributed by atoms with Gasteiger partial charge in [-0.05, 0) is 55.2 Å². The van der Waals surface area contributed by atoms with Gasteiger partial charge in [-0.1, -0.05) is 49.6 Å². The number of hydrogen-bond acceptors (Lipinski definition) is 8. The van der Waals surface area contributed by atoms with E-state index < -0.39 is 29.6 Å². The summed E-state index contributed by atoms with van der Waals surface area (Å²) in [7, 11) is 0. The summed E-state index contributed by atoms with van der Waals surface area (Å²) in [5.41, 5.74) is 0.0241. The fourth-order valence-electron chi connectivity index (χ4n) is 6.75. The standard InChI is InChI=1S/C33H39F3N6O4/c34-33(35,36)29-28(46-32(39-29)42-15-13-23(14-16-42)22-7-3-1-4-8-22)30(44)38-25-11-12-26(37-21-25)40-17-19-41(20-18-40)31(45)27(43)24-9-5-2-6-10-24/h1,3-4,7-8,11-12,21,23-24,27,43H,2,5-6,9-10,13-20H2,(H,38,44)/t27-/m1/s1. The molecular weight excluding hydrogens is 601 g/mol. The molecule has 1 atom stereocenters. The SMILES string of the molecule is O=C(Nc1ccc(N2CCN(C(=O)[C@H](O)C3CCCCC3)CC2)nc1)c1oc(N2CCC(c3ccccc3)CC2)nc1C(F)(F)F. The molecule has 6 rings (SSSR count). The molecule has 1 aromatic carbocycles. The normalized spacial score (nSPS) is 19.3. The van der Waals surface area contributed by atoms with Crippen molar-refractivity contribution in [1.82, 2.24) is 14.9 Å². The van der Waals surface area contributed by atoms with Gasteiger partial charge in [-0.3, -0.25) is 9.59 Å². The lowest BCUT2D eigenvalue weighted by Crippen LogP contribution is -2.53. The molecule has 2 aromatic heterocycles. The minimum atomic E-state index is -4.88. The number of aliphatic hydroxyl groups excluding tert-OH is 1. The molecule has 0 unspecified atom stereocenters. The number of benzene rings is 1. The number of pyridine rings is 1. The van der Waals surface area contributed by atoms with Crippen molar-refractivity contribution >= 4 is 29.3 Å². The van der Waals surface area contributed by atoms with E-state index in [1.165, 1.54) is 11.8 Å². The van der Waals surface area contributed by atoms with Crippen LogP contribution in [0.2, 0.25) is 0 Å². The van der Waals surface area contributed by atoms with Crippen LogP contribution >= 0.6 is 0 Å². The first-order valence-corrected chi connectivity index (χ1v) is 16.0. The molecule has 2 N–H and O–H groups in total. The summed E-state index contributed by atoms with van der Waals surface area (Å²) in [5, 5.41) is 13.1. The van der Waals surface area contributed by atoms with Gasteiger partial charge in [0.2, 0.25) is 5.76 Å². The third kappa shape index (κ3) is 7.14. The number of hydrogen-bond donors (Lipinski definition) is 2. The van der Waals surface area contributed by atoms with Gasteiger partial charge in [-0.15, -0.1) is 0 Å². The number of amides is 2. The van der Waals surface area contributed by atoms with Gasteiger partial charge in [-0.25, -0.2) is 4.98 Å². The lowest BCUT2D eigenvalue weighted by atomic mass is 9.85. The maximum absolute atomic E-state index is 13.9. The molecule has 246 valence electrons. The molecule has 10 nitrogen and oxygen atoms in total. The van der Waals surface area contributed by atoms with Crippen LogP contribution < -0.4 is 15.1 Å². The van der Waals surface area contributed by atoms with E-state index >= 15 is 0 Å². The number of oxazole rings is 1. The molecule has 0 radical (unpaired) electrons. The second-order valence-electron chi connectivity index (χ2n) is 12.4. The van der Waals surface area contributed by atoms with E-state index in [0.717, 1.165) is 44.9 Å². The van der Waals surface area contributed by atoms with E-state index in [4.69, 9.17) is 4.42 Å². The molecule has 4 heterocycles. The molecule has 13 heteroatoms. The Morgan fingerprint density at radius 2 is 1.59 bits per heavy atom. The number of halogens is 3.